The smallest absolute Gasteiger partial charge is 0.272 e. The van der Waals surface area contributed by atoms with E-state index in [4.69, 9.17) is 4.74 Å². The number of aryl methyl sites for hydroxylation is 1. The molecule has 0 aliphatic carbocycles. The van der Waals surface area contributed by atoms with Crippen molar-refractivity contribution in [3.05, 3.63) is 95.6 Å². The van der Waals surface area contributed by atoms with E-state index < -0.39 is 5.54 Å². The highest BCUT2D eigenvalue weighted by Gasteiger charge is 2.42. The summed E-state index contributed by atoms with van der Waals surface area (Å²) in [6.07, 6.45) is 4.14. The Bertz CT molecular complexity index is 1170. The van der Waals surface area contributed by atoms with Crippen molar-refractivity contribution in [3.8, 4) is 5.75 Å². The standard InChI is InChI=1S/C23H20N4O2/c1-16-7-9-17(10-8-16)23(11-14-29-20-6-4-12-24-21(20)23)25-22(28)19-15-18-5-2-3-13-27(18)26-19/h2-10,12-13,15H,11,14H2,1H3,(H,25,28)/t23-/m0/s1. The Kier molecular flexibility index (Phi) is 4.05. The predicted molar refractivity (Wildman–Crippen MR) is 109 cm³/mol. The molecule has 1 amide bonds. The van der Waals surface area contributed by atoms with Gasteiger partial charge in [0.15, 0.2) is 5.69 Å². The second-order valence-corrected chi connectivity index (χ2v) is 7.27. The number of pyridine rings is 2. The predicted octanol–water partition coefficient (Wildman–Crippen LogP) is 3.49. The topological polar surface area (TPSA) is 68.5 Å². The van der Waals surface area contributed by atoms with Crippen molar-refractivity contribution in [2.75, 3.05) is 6.61 Å². The quantitative estimate of drug-likeness (QED) is 0.587. The van der Waals surface area contributed by atoms with Crippen LogP contribution in [0.25, 0.3) is 5.52 Å². The summed E-state index contributed by atoms with van der Waals surface area (Å²) >= 11 is 0. The van der Waals surface area contributed by atoms with Crippen molar-refractivity contribution < 1.29 is 9.53 Å². The highest BCUT2D eigenvalue weighted by molar-refractivity contribution is 5.94. The van der Waals surface area contributed by atoms with Gasteiger partial charge in [-0.2, -0.15) is 5.10 Å². The first-order valence-corrected chi connectivity index (χ1v) is 9.58. The summed E-state index contributed by atoms with van der Waals surface area (Å²) in [5.41, 5.74) is 3.30. The van der Waals surface area contributed by atoms with Gasteiger partial charge in [0.2, 0.25) is 0 Å². The lowest BCUT2D eigenvalue weighted by Crippen LogP contribution is -2.50. The third kappa shape index (κ3) is 2.93. The van der Waals surface area contributed by atoms with Crippen LogP contribution in [0.15, 0.2) is 73.1 Å². The van der Waals surface area contributed by atoms with Crippen LogP contribution in [0.5, 0.6) is 5.75 Å². The Balaban J connectivity index is 1.61. The first kappa shape index (κ1) is 17.4. The molecule has 6 heteroatoms. The molecule has 4 heterocycles. The number of hydrogen-bond acceptors (Lipinski definition) is 4. The molecule has 1 aliphatic heterocycles. The SMILES string of the molecule is Cc1ccc([C@@]2(NC(=O)c3cc4ccccn4n3)CCOc3cccnc32)cc1. The van der Waals surface area contributed by atoms with Gasteiger partial charge in [-0.15, -0.1) is 0 Å². The minimum atomic E-state index is -0.782. The summed E-state index contributed by atoms with van der Waals surface area (Å²) in [6, 6.07) is 19.4. The van der Waals surface area contributed by atoms with Crippen molar-refractivity contribution in [3.63, 3.8) is 0 Å². The van der Waals surface area contributed by atoms with Crippen molar-refractivity contribution >= 4 is 11.4 Å². The Morgan fingerprint density at radius 3 is 2.83 bits per heavy atom. The van der Waals surface area contributed by atoms with Crippen LogP contribution in [0.3, 0.4) is 0 Å². The highest BCUT2D eigenvalue weighted by Crippen LogP contribution is 2.40. The average Bonchev–Trinajstić information content (AvgIpc) is 3.19. The van der Waals surface area contributed by atoms with Crippen molar-refractivity contribution in [1.82, 2.24) is 19.9 Å². The van der Waals surface area contributed by atoms with Crippen molar-refractivity contribution in [2.24, 2.45) is 0 Å². The molecule has 0 bridgehead atoms. The molecule has 29 heavy (non-hydrogen) atoms. The molecule has 0 spiro atoms. The minimum absolute atomic E-state index is 0.243. The normalized spacial score (nSPS) is 18.1. The maximum absolute atomic E-state index is 13.3. The lowest BCUT2D eigenvalue weighted by atomic mass is 9.81. The highest BCUT2D eigenvalue weighted by atomic mass is 16.5. The summed E-state index contributed by atoms with van der Waals surface area (Å²) in [5.74, 6) is 0.447. The third-order valence-corrected chi connectivity index (χ3v) is 5.38. The van der Waals surface area contributed by atoms with Gasteiger partial charge in [0.1, 0.15) is 17.0 Å². The van der Waals surface area contributed by atoms with E-state index in [-0.39, 0.29) is 5.91 Å². The van der Waals surface area contributed by atoms with Crippen molar-refractivity contribution in [2.45, 2.75) is 18.9 Å². The molecule has 4 aromatic rings. The fourth-order valence-corrected chi connectivity index (χ4v) is 3.88. The Labute approximate surface area is 168 Å². The number of carbonyl (C=O) groups is 1. The van der Waals surface area contributed by atoms with Crippen molar-refractivity contribution in [1.29, 1.82) is 0 Å². The van der Waals surface area contributed by atoms with E-state index in [1.165, 1.54) is 0 Å². The van der Waals surface area contributed by atoms with E-state index in [9.17, 15) is 4.79 Å². The molecule has 0 fully saturated rings. The van der Waals surface area contributed by atoms with E-state index in [0.29, 0.717) is 30.2 Å². The molecular weight excluding hydrogens is 364 g/mol. The Morgan fingerprint density at radius 2 is 2.00 bits per heavy atom. The molecule has 0 saturated heterocycles. The number of aromatic nitrogens is 3. The molecule has 1 aliphatic rings. The van der Waals surface area contributed by atoms with Gasteiger partial charge in [-0.05, 0) is 42.8 Å². The zero-order valence-corrected chi connectivity index (χ0v) is 16.0. The molecule has 0 radical (unpaired) electrons. The number of nitrogens with zero attached hydrogens (tertiary/aromatic N) is 3. The number of nitrogens with one attached hydrogen (secondary N) is 1. The van der Waals surface area contributed by atoms with Gasteiger partial charge < -0.3 is 10.1 Å². The van der Waals surface area contributed by atoms with Gasteiger partial charge in [0.25, 0.3) is 5.91 Å². The van der Waals surface area contributed by atoms with Crippen LogP contribution in [0.4, 0.5) is 0 Å². The summed E-state index contributed by atoms with van der Waals surface area (Å²) < 4.78 is 7.52. The van der Waals surface area contributed by atoms with Crippen LogP contribution in [0, 0.1) is 6.92 Å². The van der Waals surface area contributed by atoms with Crippen LogP contribution >= 0.6 is 0 Å². The monoisotopic (exact) mass is 384 g/mol. The maximum Gasteiger partial charge on any atom is 0.272 e. The van der Waals surface area contributed by atoms with Gasteiger partial charge >= 0.3 is 0 Å². The average molecular weight is 384 g/mol. The summed E-state index contributed by atoms with van der Waals surface area (Å²) in [5, 5.41) is 7.67. The fourth-order valence-electron chi connectivity index (χ4n) is 3.88. The number of amides is 1. The van der Waals surface area contributed by atoms with E-state index in [0.717, 1.165) is 16.6 Å². The number of hydrogen-bond donors (Lipinski definition) is 1. The van der Waals surface area contributed by atoms with E-state index >= 15 is 0 Å². The first-order valence-electron chi connectivity index (χ1n) is 9.58. The molecular formula is C23H20N4O2. The molecule has 0 unspecified atom stereocenters. The van der Waals surface area contributed by atoms with Gasteiger partial charge in [0.05, 0.1) is 12.1 Å². The van der Waals surface area contributed by atoms with Crippen LogP contribution in [0.2, 0.25) is 0 Å². The van der Waals surface area contributed by atoms with Gasteiger partial charge in [-0.3, -0.25) is 9.78 Å². The third-order valence-electron chi connectivity index (χ3n) is 5.38. The number of carbonyl (C=O) groups excluding carboxylic acids is 1. The fraction of sp³-hybridized carbons (Fsp3) is 0.174. The Hall–Kier alpha value is -3.67. The molecule has 1 aromatic carbocycles. The largest absolute Gasteiger partial charge is 0.491 e. The molecule has 0 saturated carbocycles. The summed E-state index contributed by atoms with van der Waals surface area (Å²) in [7, 11) is 0. The lowest BCUT2D eigenvalue weighted by Gasteiger charge is -2.38. The molecule has 3 aromatic heterocycles. The number of benzene rings is 1. The van der Waals surface area contributed by atoms with Gasteiger partial charge in [0, 0.05) is 18.8 Å². The van der Waals surface area contributed by atoms with Crippen LogP contribution in [-0.4, -0.2) is 27.1 Å². The zero-order chi connectivity index (χ0) is 19.8. The molecule has 6 nitrogen and oxygen atoms in total. The molecule has 1 N–H and O–H groups in total. The summed E-state index contributed by atoms with van der Waals surface area (Å²) in [6.45, 7) is 2.53. The van der Waals surface area contributed by atoms with E-state index in [2.05, 4.69) is 15.4 Å². The number of rotatable bonds is 3. The van der Waals surface area contributed by atoms with E-state index in [1.54, 1.807) is 16.8 Å². The number of ether oxygens (including phenoxy) is 1. The second kappa shape index (κ2) is 6.74. The lowest BCUT2D eigenvalue weighted by molar-refractivity contribution is 0.0878. The molecule has 1 atom stereocenters. The van der Waals surface area contributed by atoms with Crippen LogP contribution < -0.4 is 10.1 Å². The van der Waals surface area contributed by atoms with Gasteiger partial charge in [-0.25, -0.2) is 4.52 Å². The number of fused-ring (bicyclic) bond motifs is 2. The van der Waals surface area contributed by atoms with Crippen LogP contribution in [-0.2, 0) is 5.54 Å². The van der Waals surface area contributed by atoms with E-state index in [1.807, 2.05) is 67.7 Å². The zero-order valence-electron chi connectivity index (χ0n) is 16.0. The Morgan fingerprint density at radius 1 is 1.14 bits per heavy atom. The first-order chi connectivity index (χ1) is 14.2. The maximum atomic E-state index is 13.3. The van der Waals surface area contributed by atoms with Gasteiger partial charge in [-0.1, -0.05) is 35.9 Å². The second-order valence-electron chi connectivity index (χ2n) is 7.27. The molecule has 144 valence electrons. The summed E-state index contributed by atoms with van der Waals surface area (Å²) in [4.78, 5) is 17.9. The minimum Gasteiger partial charge on any atom is -0.491 e. The van der Waals surface area contributed by atoms with Crippen LogP contribution in [0.1, 0.15) is 33.7 Å². The molecule has 5 rings (SSSR count).